The molecule has 1 atom stereocenters. The summed E-state index contributed by atoms with van der Waals surface area (Å²) in [7, 11) is 0. The second-order valence-corrected chi connectivity index (χ2v) is 6.71. The number of amides is 1. The summed E-state index contributed by atoms with van der Waals surface area (Å²) in [6, 6.07) is 3.32. The van der Waals surface area contributed by atoms with Crippen LogP contribution in [0.3, 0.4) is 0 Å². The lowest BCUT2D eigenvalue weighted by Gasteiger charge is -2.20. The molecule has 2 nitrogen and oxygen atoms in total. The van der Waals surface area contributed by atoms with E-state index in [-0.39, 0.29) is 16.1 Å². The summed E-state index contributed by atoms with van der Waals surface area (Å²) in [5, 5.41) is 3.14. The van der Waals surface area contributed by atoms with Crippen LogP contribution in [0.25, 0.3) is 0 Å². The number of hydrogen-bond donors (Lipinski definition) is 1. The first-order valence-electron chi connectivity index (χ1n) is 6.38. The van der Waals surface area contributed by atoms with Gasteiger partial charge in [0.15, 0.2) is 0 Å². The number of rotatable bonds is 5. The third-order valence-corrected chi connectivity index (χ3v) is 4.08. The Morgan fingerprint density at radius 2 is 1.95 bits per heavy atom. The van der Waals surface area contributed by atoms with Gasteiger partial charge in [-0.15, -0.1) is 0 Å². The standard InChI is InChI=1S/C14H16Br2F3NO/c1-8(2)5-10(7-15)20-13(21)11-4-3-9(16)6-12(11)14(17,18)19/h3-4,6,8,10H,5,7H2,1-2H3,(H,20,21). The summed E-state index contributed by atoms with van der Waals surface area (Å²) in [5.74, 6) is -0.375. The number of hydrogen-bond acceptors (Lipinski definition) is 1. The van der Waals surface area contributed by atoms with Gasteiger partial charge in [0.2, 0.25) is 0 Å². The summed E-state index contributed by atoms with van der Waals surface area (Å²) >= 11 is 6.27. The van der Waals surface area contributed by atoms with Gasteiger partial charge in [-0.2, -0.15) is 13.2 Å². The van der Waals surface area contributed by atoms with E-state index in [4.69, 9.17) is 0 Å². The zero-order chi connectivity index (χ0) is 16.2. The summed E-state index contributed by atoms with van der Waals surface area (Å²) in [6.45, 7) is 3.98. The molecule has 0 aromatic heterocycles. The molecule has 0 radical (unpaired) electrons. The van der Waals surface area contributed by atoms with Crippen LogP contribution < -0.4 is 5.32 Å². The van der Waals surface area contributed by atoms with Crippen molar-refractivity contribution in [3.63, 3.8) is 0 Å². The molecule has 21 heavy (non-hydrogen) atoms. The van der Waals surface area contributed by atoms with E-state index < -0.39 is 17.6 Å². The number of alkyl halides is 4. The molecule has 0 bridgehead atoms. The quantitative estimate of drug-likeness (QED) is 0.653. The van der Waals surface area contributed by atoms with E-state index in [0.29, 0.717) is 17.7 Å². The van der Waals surface area contributed by atoms with E-state index in [9.17, 15) is 18.0 Å². The Hall–Kier alpha value is -0.560. The normalized spacial score (nSPS) is 13.3. The third kappa shape index (κ3) is 5.62. The molecular formula is C14H16Br2F3NO. The Morgan fingerprint density at radius 1 is 1.33 bits per heavy atom. The van der Waals surface area contributed by atoms with Crippen LogP contribution in [0.5, 0.6) is 0 Å². The van der Waals surface area contributed by atoms with Crippen LogP contribution in [0.15, 0.2) is 22.7 Å². The molecular weight excluding hydrogens is 415 g/mol. The predicted molar refractivity (Wildman–Crippen MR) is 83.6 cm³/mol. The van der Waals surface area contributed by atoms with Crippen LogP contribution in [-0.4, -0.2) is 17.3 Å². The first-order valence-corrected chi connectivity index (χ1v) is 8.30. The third-order valence-electron chi connectivity index (χ3n) is 2.81. The van der Waals surface area contributed by atoms with Crippen molar-refractivity contribution >= 4 is 37.8 Å². The fourth-order valence-electron chi connectivity index (χ4n) is 1.94. The molecule has 0 fully saturated rings. The van der Waals surface area contributed by atoms with Crippen molar-refractivity contribution in [2.75, 3.05) is 5.33 Å². The van der Waals surface area contributed by atoms with Crippen molar-refractivity contribution in [1.29, 1.82) is 0 Å². The van der Waals surface area contributed by atoms with Gasteiger partial charge in [0.05, 0.1) is 11.1 Å². The maximum atomic E-state index is 13.0. The molecule has 1 amide bonds. The van der Waals surface area contributed by atoms with Crippen molar-refractivity contribution in [3.05, 3.63) is 33.8 Å². The highest BCUT2D eigenvalue weighted by atomic mass is 79.9. The number of carbonyl (C=O) groups excluding carboxylic acids is 1. The van der Waals surface area contributed by atoms with Crippen molar-refractivity contribution in [3.8, 4) is 0 Å². The minimum absolute atomic E-state index is 0.206. The van der Waals surface area contributed by atoms with E-state index in [0.717, 1.165) is 6.07 Å². The van der Waals surface area contributed by atoms with Gasteiger partial charge in [-0.05, 0) is 30.5 Å². The highest BCUT2D eigenvalue weighted by Crippen LogP contribution is 2.34. The van der Waals surface area contributed by atoms with E-state index in [2.05, 4.69) is 37.2 Å². The highest BCUT2D eigenvalue weighted by Gasteiger charge is 2.35. The van der Waals surface area contributed by atoms with E-state index in [1.165, 1.54) is 12.1 Å². The Balaban J connectivity index is 3.02. The van der Waals surface area contributed by atoms with Crippen LogP contribution in [-0.2, 0) is 6.18 Å². The zero-order valence-electron chi connectivity index (χ0n) is 11.6. The maximum Gasteiger partial charge on any atom is 0.417 e. The Kier molecular flexibility index (Phi) is 6.71. The summed E-state index contributed by atoms with van der Waals surface area (Å²) < 4.78 is 39.3. The van der Waals surface area contributed by atoms with Gasteiger partial charge in [-0.3, -0.25) is 4.79 Å². The molecule has 1 N–H and O–H groups in total. The topological polar surface area (TPSA) is 29.1 Å². The molecule has 1 rings (SSSR count). The first kappa shape index (κ1) is 18.5. The fraction of sp³-hybridized carbons (Fsp3) is 0.500. The van der Waals surface area contributed by atoms with Crippen molar-refractivity contribution < 1.29 is 18.0 Å². The zero-order valence-corrected chi connectivity index (χ0v) is 14.8. The second-order valence-electron chi connectivity index (χ2n) is 5.14. The lowest BCUT2D eigenvalue weighted by atomic mass is 10.0. The fourth-order valence-corrected chi connectivity index (χ4v) is 2.73. The SMILES string of the molecule is CC(C)CC(CBr)NC(=O)c1ccc(Br)cc1C(F)(F)F. The molecule has 0 saturated heterocycles. The average Bonchev–Trinajstić information content (AvgIpc) is 2.36. The molecule has 1 aromatic carbocycles. The smallest absolute Gasteiger partial charge is 0.348 e. The summed E-state index contributed by atoms with van der Waals surface area (Å²) in [5.41, 5.74) is -1.30. The van der Waals surface area contributed by atoms with Crippen LogP contribution in [0.1, 0.15) is 36.2 Å². The van der Waals surface area contributed by atoms with E-state index in [1.807, 2.05) is 13.8 Å². The largest absolute Gasteiger partial charge is 0.417 e. The van der Waals surface area contributed by atoms with Gasteiger partial charge in [0.1, 0.15) is 0 Å². The number of halogens is 5. The van der Waals surface area contributed by atoms with Gasteiger partial charge in [0, 0.05) is 15.8 Å². The minimum Gasteiger partial charge on any atom is -0.348 e. The molecule has 0 heterocycles. The van der Waals surface area contributed by atoms with Crippen molar-refractivity contribution in [1.82, 2.24) is 5.32 Å². The summed E-state index contributed by atoms with van der Waals surface area (Å²) in [4.78, 5) is 12.1. The van der Waals surface area contributed by atoms with Gasteiger partial charge in [-0.25, -0.2) is 0 Å². The molecule has 0 spiro atoms. The van der Waals surface area contributed by atoms with Crippen LogP contribution in [0.4, 0.5) is 13.2 Å². The van der Waals surface area contributed by atoms with Crippen LogP contribution >= 0.6 is 31.9 Å². The average molecular weight is 431 g/mol. The van der Waals surface area contributed by atoms with E-state index >= 15 is 0 Å². The van der Waals surface area contributed by atoms with Crippen molar-refractivity contribution in [2.45, 2.75) is 32.5 Å². The highest BCUT2D eigenvalue weighted by molar-refractivity contribution is 9.10. The molecule has 0 saturated carbocycles. The minimum atomic E-state index is -4.57. The molecule has 1 unspecified atom stereocenters. The number of nitrogens with one attached hydrogen (secondary N) is 1. The predicted octanol–water partition coefficient (Wildman–Crippen LogP) is 5.01. The van der Waals surface area contributed by atoms with Crippen LogP contribution in [0.2, 0.25) is 0 Å². The van der Waals surface area contributed by atoms with Crippen LogP contribution in [0, 0.1) is 5.92 Å². The van der Waals surface area contributed by atoms with Gasteiger partial charge in [-0.1, -0.05) is 45.7 Å². The van der Waals surface area contributed by atoms with Crippen molar-refractivity contribution in [2.24, 2.45) is 5.92 Å². The van der Waals surface area contributed by atoms with Gasteiger partial charge in [0.25, 0.3) is 5.91 Å². The Labute approximate surface area is 138 Å². The van der Waals surface area contributed by atoms with E-state index in [1.54, 1.807) is 0 Å². The molecule has 0 aliphatic rings. The molecule has 7 heteroatoms. The van der Waals surface area contributed by atoms with Gasteiger partial charge < -0.3 is 5.32 Å². The second kappa shape index (κ2) is 7.63. The van der Waals surface area contributed by atoms with Gasteiger partial charge >= 0.3 is 6.18 Å². The first-order chi connectivity index (χ1) is 9.65. The maximum absolute atomic E-state index is 13.0. The Morgan fingerprint density at radius 3 is 2.43 bits per heavy atom. The lowest BCUT2D eigenvalue weighted by Crippen LogP contribution is -2.38. The molecule has 0 aliphatic carbocycles. The Bertz CT molecular complexity index is 503. The number of benzene rings is 1. The number of carbonyl (C=O) groups is 1. The molecule has 0 aliphatic heterocycles. The molecule has 118 valence electrons. The lowest BCUT2D eigenvalue weighted by molar-refractivity contribution is -0.138. The summed E-state index contributed by atoms with van der Waals surface area (Å²) in [6.07, 6.45) is -3.88. The monoisotopic (exact) mass is 429 g/mol. The molecule has 1 aromatic rings.